The second kappa shape index (κ2) is 10.2. The summed E-state index contributed by atoms with van der Waals surface area (Å²) in [7, 11) is 1.80. The van der Waals surface area contributed by atoms with Gasteiger partial charge in [0.1, 0.15) is 0 Å². The molecule has 6 heteroatoms. The number of aryl methyl sites for hydroxylation is 1. The minimum Gasteiger partial charge on any atom is -0.372 e. The molecule has 2 heterocycles. The van der Waals surface area contributed by atoms with Crippen LogP contribution in [-0.2, 0) is 4.79 Å². The smallest absolute Gasteiger partial charge is 0.254 e. The highest BCUT2D eigenvalue weighted by molar-refractivity contribution is 7.10. The maximum Gasteiger partial charge on any atom is 0.254 e. The monoisotopic (exact) mass is 461 g/mol. The molecule has 0 aliphatic carbocycles. The van der Waals surface area contributed by atoms with Gasteiger partial charge >= 0.3 is 0 Å². The van der Waals surface area contributed by atoms with E-state index < -0.39 is 5.92 Å². The Kier molecular flexibility index (Phi) is 7.14. The number of amides is 2. The van der Waals surface area contributed by atoms with E-state index in [2.05, 4.69) is 48.3 Å². The van der Waals surface area contributed by atoms with Crippen LogP contribution < -0.4 is 10.2 Å². The summed E-state index contributed by atoms with van der Waals surface area (Å²) in [4.78, 5) is 31.6. The summed E-state index contributed by atoms with van der Waals surface area (Å²) in [6.07, 6.45) is 0.848. The van der Waals surface area contributed by atoms with Crippen molar-refractivity contribution in [1.82, 2.24) is 10.2 Å². The molecule has 1 aliphatic heterocycles. The summed E-state index contributed by atoms with van der Waals surface area (Å²) in [5, 5.41) is 5.16. The third kappa shape index (κ3) is 4.81. The summed E-state index contributed by atoms with van der Waals surface area (Å²) in [5.74, 6) is -0.495. The van der Waals surface area contributed by atoms with Crippen LogP contribution in [0.15, 0.2) is 66.0 Å². The Hall–Kier alpha value is -3.12. The highest BCUT2D eigenvalue weighted by Gasteiger charge is 2.42. The third-order valence-electron chi connectivity index (χ3n) is 6.35. The lowest BCUT2D eigenvalue weighted by Crippen LogP contribution is -2.45. The summed E-state index contributed by atoms with van der Waals surface area (Å²) >= 11 is 1.58. The minimum atomic E-state index is -0.429. The number of thiophene rings is 1. The SMILES string of the molecule is CCN(CCCNC(=O)C1c2ccccc2C(=O)N(C)C1c1cccs1)c1cccc(C)c1. The van der Waals surface area contributed by atoms with Gasteiger partial charge < -0.3 is 15.1 Å². The van der Waals surface area contributed by atoms with Crippen LogP contribution in [0.2, 0.25) is 0 Å². The van der Waals surface area contributed by atoms with Gasteiger partial charge in [-0.25, -0.2) is 0 Å². The van der Waals surface area contributed by atoms with Crippen molar-refractivity contribution < 1.29 is 9.59 Å². The Morgan fingerprint density at radius 2 is 1.94 bits per heavy atom. The van der Waals surface area contributed by atoms with Gasteiger partial charge in [0.2, 0.25) is 5.91 Å². The van der Waals surface area contributed by atoms with Crippen molar-refractivity contribution in [3.05, 3.63) is 87.6 Å². The quantitative estimate of drug-likeness (QED) is 0.480. The number of rotatable bonds is 8. The molecule has 0 bridgehead atoms. The number of benzene rings is 2. The summed E-state index contributed by atoms with van der Waals surface area (Å²) in [6.45, 7) is 6.63. The lowest BCUT2D eigenvalue weighted by molar-refractivity contribution is -0.124. The predicted molar refractivity (Wildman–Crippen MR) is 135 cm³/mol. The van der Waals surface area contributed by atoms with Crippen molar-refractivity contribution in [2.24, 2.45) is 0 Å². The van der Waals surface area contributed by atoms with Crippen molar-refractivity contribution in [3.63, 3.8) is 0 Å². The molecule has 5 nitrogen and oxygen atoms in total. The molecule has 0 fully saturated rings. The number of hydrogen-bond donors (Lipinski definition) is 1. The van der Waals surface area contributed by atoms with E-state index in [1.165, 1.54) is 11.3 Å². The van der Waals surface area contributed by atoms with E-state index >= 15 is 0 Å². The first-order valence-corrected chi connectivity index (χ1v) is 12.4. The second-order valence-electron chi connectivity index (χ2n) is 8.50. The molecular formula is C27H31N3O2S. The third-order valence-corrected chi connectivity index (χ3v) is 7.29. The van der Waals surface area contributed by atoms with Crippen LogP contribution in [0, 0.1) is 6.92 Å². The molecule has 172 valence electrons. The lowest BCUT2D eigenvalue weighted by atomic mass is 9.81. The van der Waals surface area contributed by atoms with Crippen LogP contribution in [0.5, 0.6) is 0 Å². The first-order chi connectivity index (χ1) is 16.0. The fourth-order valence-electron chi connectivity index (χ4n) is 4.66. The molecular weight excluding hydrogens is 430 g/mol. The molecule has 0 saturated heterocycles. The first kappa shape index (κ1) is 23.1. The molecule has 4 rings (SSSR count). The standard InChI is InChI=1S/C27H31N3O2S/c1-4-30(20-11-7-10-19(2)18-20)16-9-15-28-26(31)24-21-12-5-6-13-22(21)27(32)29(3)25(24)23-14-8-17-33-23/h5-8,10-14,17-18,24-25H,4,9,15-16H2,1-3H3,(H,28,31). The maximum atomic E-state index is 13.5. The van der Waals surface area contributed by atoms with E-state index in [1.54, 1.807) is 23.3 Å². The van der Waals surface area contributed by atoms with Gasteiger partial charge in [0.15, 0.2) is 0 Å². The van der Waals surface area contributed by atoms with Crippen LogP contribution in [0.1, 0.15) is 51.7 Å². The zero-order valence-electron chi connectivity index (χ0n) is 19.5. The zero-order chi connectivity index (χ0) is 23.4. The largest absolute Gasteiger partial charge is 0.372 e. The average Bonchev–Trinajstić information content (AvgIpc) is 3.35. The molecule has 2 aromatic carbocycles. The van der Waals surface area contributed by atoms with Crippen molar-refractivity contribution in [3.8, 4) is 0 Å². The topological polar surface area (TPSA) is 52.7 Å². The Morgan fingerprint density at radius 1 is 1.12 bits per heavy atom. The summed E-state index contributed by atoms with van der Waals surface area (Å²) in [6, 6.07) is 19.7. The molecule has 0 radical (unpaired) electrons. The van der Waals surface area contributed by atoms with Crippen molar-refractivity contribution >= 4 is 28.8 Å². The fraction of sp³-hybridized carbons (Fsp3) is 0.333. The number of carbonyl (C=O) groups is 2. The van der Waals surface area contributed by atoms with Crippen LogP contribution in [0.4, 0.5) is 5.69 Å². The number of fused-ring (bicyclic) bond motifs is 1. The Labute approximate surface area is 200 Å². The van der Waals surface area contributed by atoms with E-state index in [1.807, 2.05) is 41.8 Å². The number of likely N-dealkylation sites (N-methyl/N-ethyl adjacent to an activating group) is 1. The van der Waals surface area contributed by atoms with Crippen molar-refractivity contribution in [2.75, 3.05) is 31.6 Å². The number of hydrogen-bond acceptors (Lipinski definition) is 4. The van der Waals surface area contributed by atoms with Crippen LogP contribution >= 0.6 is 11.3 Å². The molecule has 2 atom stereocenters. The van der Waals surface area contributed by atoms with Gasteiger partial charge in [-0.15, -0.1) is 11.3 Å². The Bertz CT molecular complexity index is 1110. The fourth-order valence-corrected chi connectivity index (χ4v) is 5.56. The molecule has 2 amide bonds. The average molecular weight is 462 g/mol. The normalized spacial score (nSPS) is 17.5. The molecule has 33 heavy (non-hydrogen) atoms. The highest BCUT2D eigenvalue weighted by Crippen LogP contribution is 2.43. The van der Waals surface area contributed by atoms with Crippen molar-refractivity contribution in [2.45, 2.75) is 32.2 Å². The van der Waals surface area contributed by atoms with E-state index in [4.69, 9.17) is 0 Å². The van der Waals surface area contributed by atoms with E-state index in [0.29, 0.717) is 12.1 Å². The van der Waals surface area contributed by atoms with Gasteiger partial charge in [-0.2, -0.15) is 0 Å². The van der Waals surface area contributed by atoms with Crippen LogP contribution in [0.25, 0.3) is 0 Å². The zero-order valence-corrected chi connectivity index (χ0v) is 20.3. The lowest BCUT2D eigenvalue weighted by Gasteiger charge is -2.39. The maximum absolute atomic E-state index is 13.5. The predicted octanol–water partition coefficient (Wildman–Crippen LogP) is 5.00. The first-order valence-electron chi connectivity index (χ1n) is 11.5. The van der Waals surface area contributed by atoms with Gasteiger partial charge in [0.05, 0.1) is 12.0 Å². The van der Waals surface area contributed by atoms with Crippen molar-refractivity contribution in [1.29, 1.82) is 0 Å². The molecule has 2 unspecified atom stereocenters. The summed E-state index contributed by atoms with van der Waals surface area (Å²) in [5.41, 5.74) is 3.88. The van der Waals surface area contributed by atoms with E-state index in [9.17, 15) is 9.59 Å². The number of nitrogens with zero attached hydrogens (tertiary/aromatic N) is 2. The summed E-state index contributed by atoms with van der Waals surface area (Å²) < 4.78 is 0. The van der Waals surface area contributed by atoms with Crippen LogP contribution in [-0.4, -0.2) is 43.4 Å². The van der Waals surface area contributed by atoms with Gasteiger partial charge in [-0.3, -0.25) is 9.59 Å². The number of nitrogens with one attached hydrogen (secondary N) is 1. The van der Waals surface area contributed by atoms with Gasteiger partial charge in [-0.05, 0) is 61.0 Å². The number of carbonyl (C=O) groups excluding carboxylic acids is 2. The molecule has 1 aromatic heterocycles. The minimum absolute atomic E-state index is 0.0289. The Morgan fingerprint density at radius 3 is 2.67 bits per heavy atom. The second-order valence-corrected chi connectivity index (χ2v) is 9.48. The van der Waals surface area contributed by atoms with Gasteiger partial charge in [0.25, 0.3) is 5.91 Å². The van der Waals surface area contributed by atoms with Gasteiger partial charge in [-0.1, -0.05) is 36.4 Å². The van der Waals surface area contributed by atoms with Gasteiger partial charge in [0, 0.05) is 42.8 Å². The molecule has 1 aliphatic rings. The van der Waals surface area contributed by atoms with E-state index in [-0.39, 0.29) is 17.9 Å². The van der Waals surface area contributed by atoms with Crippen LogP contribution in [0.3, 0.4) is 0 Å². The number of anilines is 1. The molecule has 3 aromatic rings. The molecule has 0 spiro atoms. The molecule has 1 N–H and O–H groups in total. The van der Waals surface area contributed by atoms with E-state index in [0.717, 1.165) is 30.0 Å². The molecule has 0 saturated carbocycles. The Balaban J connectivity index is 1.47. The highest BCUT2D eigenvalue weighted by atomic mass is 32.1.